The third-order valence-electron chi connectivity index (χ3n) is 2.91. The number of aromatic nitrogens is 3. The van der Waals surface area contributed by atoms with Crippen molar-refractivity contribution < 1.29 is 4.79 Å². The molecule has 0 aromatic carbocycles. The summed E-state index contributed by atoms with van der Waals surface area (Å²) in [6, 6.07) is 5.62. The Balaban J connectivity index is 2.47. The maximum atomic E-state index is 12.4. The van der Waals surface area contributed by atoms with Gasteiger partial charge in [-0.3, -0.25) is 4.79 Å². The molecule has 2 aromatic heterocycles. The maximum absolute atomic E-state index is 12.4. The van der Waals surface area contributed by atoms with Crippen LogP contribution in [-0.4, -0.2) is 45.8 Å². The molecule has 0 bridgehead atoms. The predicted molar refractivity (Wildman–Crippen MR) is 85.0 cm³/mol. The van der Waals surface area contributed by atoms with Crippen LogP contribution in [0.2, 0.25) is 0 Å². The van der Waals surface area contributed by atoms with E-state index < -0.39 is 0 Å². The first kappa shape index (κ1) is 15.3. The third kappa shape index (κ3) is 3.33. The van der Waals surface area contributed by atoms with Gasteiger partial charge in [0.25, 0.3) is 0 Å². The molecule has 0 aliphatic rings. The number of hydrogen-bond acceptors (Lipinski definition) is 5. The van der Waals surface area contributed by atoms with E-state index in [4.69, 9.17) is 0 Å². The number of pyridine rings is 1. The van der Waals surface area contributed by atoms with Crippen LogP contribution in [0.1, 0.15) is 16.1 Å². The molecule has 6 heteroatoms. The summed E-state index contributed by atoms with van der Waals surface area (Å²) in [5.41, 5.74) is 1.43. The second-order valence-corrected chi connectivity index (χ2v) is 5.51. The highest BCUT2D eigenvalue weighted by atomic mass is 32.2. The molecule has 0 saturated carbocycles. The van der Waals surface area contributed by atoms with E-state index in [0.717, 1.165) is 5.69 Å². The fourth-order valence-electron chi connectivity index (χ4n) is 1.91. The first-order chi connectivity index (χ1) is 10.0. The Kier molecular flexibility index (Phi) is 4.80. The lowest BCUT2D eigenvalue weighted by molar-refractivity contribution is 0.104. The minimum atomic E-state index is -0.0484. The highest BCUT2D eigenvalue weighted by molar-refractivity contribution is 7.98. The van der Waals surface area contributed by atoms with Crippen LogP contribution in [0.15, 0.2) is 41.7 Å². The van der Waals surface area contributed by atoms with Crippen LogP contribution in [0, 0.1) is 6.92 Å². The fourth-order valence-corrected chi connectivity index (χ4v) is 2.52. The van der Waals surface area contributed by atoms with Gasteiger partial charge in [0, 0.05) is 32.6 Å². The largest absolute Gasteiger partial charge is 0.383 e. The van der Waals surface area contributed by atoms with Crippen molar-refractivity contribution >= 4 is 17.5 Å². The second kappa shape index (κ2) is 6.58. The molecule has 0 radical (unpaired) electrons. The Morgan fingerprint density at radius 1 is 1.38 bits per heavy atom. The first-order valence-corrected chi connectivity index (χ1v) is 7.71. The second-order valence-electron chi connectivity index (χ2n) is 4.71. The molecular weight excluding hydrogens is 284 g/mol. The van der Waals surface area contributed by atoms with Crippen molar-refractivity contribution in [3.05, 3.63) is 47.9 Å². The van der Waals surface area contributed by atoms with E-state index in [1.807, 2.05) is 50.4 Å². The van der Waals surface area contributed by atoms with Crippen molar-refractivity contribution in [3.63, 3.8) is 0 Å². The number of hydrogen-bond donors (Lipinski definition) is 0. The summed E-state index contributed by atoms with van der Waals surface area (Å²) < 4.78 is 1.71. The van der Waals surface area contributed by atoms with Gasteiger partial charge in [0.05, 0.1) is 11.3 Å². The van der Waals surface area contributed by atoms with Gasteiger partial charge in [-0.05, 0) is 25.3 Å². The quantitative estimate of drug-likeness (QED) is 0.483. The van der Waals surface area contributed by atoms with Crippen molar-refractivity contribution in [2.75, 3.05) is 20.4 Å². The van der Waals surface area contributed by atoms with Gasteiger partial charge in [-0.1, -0.05) is 6.07 Å². The molecule has 21 heavy (non-hydrogen) atoms. The van der Waals surface area contributed by atoms with Crippen molar-refractivity contribution in [3.8, 4) is 5.82 Å². The van der Waals surface area contributed by atoms with Gasteiger partial charge < -0.3 is 4.90 Å². The molecule has 0 amide bonds. The summed E-state index contributed by atoms with van der Waals surface area (Å²) in [5.74, 6) is 0.661. The normalized spacial score (nSPS) is 11.0. The van der Waals surface area contributed by atoms with E-state index in [9.17, 15) is 4.79 Å². The minimum Gasteiger partial charge on any atom is -0.383 e. The highest BCUT2D eigenvalue weighted by Crippen LogP contribution is 2.25. The third-order valence-corrected chi connectivity index (χ3v) is 3.59. The van der Waals surface area contributed by atoms with Gasteiger partial charge in [-0.25, -0.2) is 9.67 Å². The summed E-state index contributed by atoms with van der Waals surface area (Å²) in [7, 11) is 3.76. The lowest BCUT2D eigenvalue weighted by Crippen LogP contribution is -2.05. The Morgan fingerprint density at radius 2 is 2.14 bits per heavy atom. The van der Waals surface area contributed by atoms with Crippen LogP contribution in [0.4, 0.5) is 0 Å². The average molecular weight is 302 g/mol. The minimum absolute atomic E-state index is 0.0484. The molecule has 0 aliphatic carbocycles. The number of carbonyl (C=O) groups excluding carboxylic acids is 1. The van der Waals surface area contributed by atoms with Gasteiger partial charge in [0.1, 0.15) is 5.03 Å². The number of ketones is 1. The van der Waals surface area contributed by atoms with Gasteiger partial charge in [0.2, 0.25) is 0 Å². The van der Waals surface area contributed by atoms with E-state index in [-0.39, 0.29) is 5.78 Å². The zero-order chi connectivity index (χ0) is 15.4. The molecular formula is C15H18N4OS. The van der Waals surface area contributed by atoms with E-state index in [1.165, 1.54) is 11.8 Å². The maximum Gasteiger partial charge on any atom is 0.191 e. The molecule has 2 heterocycles. The molecule has 0 atom stereocenters. The predicted octanol–water partition coefficient (Wildman–Crippen LogP) is 2.56. The first-order valence-electron chi connectivity index (χ1n) is 6.48. The van der Waals surface area contributed by atoms with Crippen LogP contribution in [0.25, 0.3) is 5.82 Å². The van der Waals surface area contributed by atoms with Crippen LogP contribution >= 0.6 is 11.8 Å². The molecule has 0 N–H and O–H groups in total. The Morgan fingerprint density at radius 3 is 2.71 bits per heavy atom. The van der Waals surface area contributed by atoms with E-state index in [2.05, 4.69) is 10.1 Å². The zero-order valence-corrected chi connectivity index (χ0v) is 13.4. The SMILES string of the molecule is CSc1nn(-c2ccccn2)c(C)c1C(=O)C=CN(C)C. The number of thioether (sulfide) groups is 1. The van der Waals surface area contributed by atoms with Gasteiger partial charge in [0.15, 0.2) is 11.6 Å². The molecule has 0 saturated heterocycles. The van der Waals surface area contributed by atoms with Crippen molar-refractivity contribution in [2.24, 2.45) is 0 Å². The highest BCUT2D eigenvalue weighted by Gasteiger charge is 2.20. The number of rotatable bonds is 5. The Hall–Kier alpha value is -2.08. The Labute approximate surface area is 128 Å². The summed E-state index contributed by atoms with van der Waals surface area (Å²) in [4.78, 5) is 18.5. The van der Waals surface area contributed by atoms with E-state index in [1.54, 1.807) is 23.2 Å². The molecule has 110 valence electrons. The smallest absolute Gasteiger partial charge is 0.191 e. The molecule has 2 aromatic rings. The van der Waals surface area contributed by atoms with Crippen molar-refractivity contribution in [1.82, 2.24) is 19.7 Å². The standard InChI is InChI=1S/C15H18N4OS/c1-11-14(12(20)8-10-18(2)3)15(21-4)17-19(11)13-7-5-6-9-16-13/h5-10H,1-4H3. The monoisotopic (exact) mass is 302 g/mol. The summed E-state index contributed by atoms with van der Waals surface area (Å²) >= 11 is 1.46. The topological polar surface area (TPSA) is 51.0 Å². The summed E-state index contributed by atoms with van der Waals surface area (Å²) in [6.45, 7) is 1.89. The molecule has 0 fully saturated rings. The van der Waals surface area contributed by atoms with Crippen molar-refractivity contribution in [2.45, 2.75) is 11.9 Å². The van der Waals surface area contributed by atoms with Crippen LogP contribution < -0.4 is 0 Å². The van der Waals surface area contributed by atoms with Gasteiger partial charge in [-0.2, -0.15) is 5.10 Å². The Bertz CT molecular complexity index is 662. The molecule has 0 aliphatic heterocycles. The van der Waals surface area contributed by atoms with E-state index in [0.29, 0.717) is 16.4 Å². The fraction of sp³-hybridized carbons (Fsp3) is 0.267. The molecule has 0 spiro atoms. The van der Waals surface area contributed by atoms with Gasteiger partial charge in [-0.15, -0.1) is 11.8 Å². The molecule has 2 rings (SSSR count). The number of allylic oxidation sites excluding steroid dienone is 1. The van der Waals surface area contributed by atoms with E-state index >= 15 is 0 Å². The van der Waals surface area contributed by atoms with Crippen LogP contribution in [-0.2, 0) is 0 Å². The summed E-state index contributed by atoms with van der Waals surface area (Å²) in [5, 5.41) is 5.21. The van der Waals surface area contributed by atoms with Crippen molar-refractivity contribution in [1.29, 1.82) is 0 Å². The zero-order valence-electron chi connectivity index (χ0n) is 12.6. The average Bonchev–Trinajstić information content (AvgIpc) is 2.82. The van der Waals surface area contributed by atoms with Gasteiger partial charge >= 0.3 is 0 Å². The molecule has 0 unspecified atom stereocenters. The molecule has 5 nitrogen and oxygen atoms in total. The van der Waals surface area contributed by atoms with Crippen LogP contribution in [0.5, 0.6) is 0 Å². The number of carbonyl (C=O) groups is 1. The lowest BCUT2D eigenvalue weighted by atomic mass is 10.1. The van der Waals surface area contributed by atoms with Crippen LogP contribution in [0.3, 0.4) is 0 Å². The number of nitrogens with zero attached hydrogens (tertiary/aromatic N) is 4. The lowest BCUT2D eigenvalue weighted by Gasteiger charge is -2.04. The summed E-state index contributed by atoms with van der Waals surface area (Å²) in [6.07, 6.45) is 6.93.